The number of esters is 1. The Hall–Kier alpha value is -0.740. The molecule has 0 radical (unpaired) electrons. The van der Waals surface area contributed by atoms with Crippen LogP contribution in [-0.2, 0) is 9.53 Å². The lowest BCUT2D eigenvalue weighted by molar-refractivity contribution is -0.141. The van der Waals surface area contributed by atoms with Gasteiger partial charge in [0.15, 0.2) is 8.29 Å². The highest BCUT2D eigenvalue weighted by molar-refractivity contribution is 8.01. The molecular formula is C19H33N3O3S3. The minimum atomic E-state index is -0.422. The maximum Gasteiger partial charge on any atom is 0.333 e. The van der Waals surface area contributed by atoms with Gasteiger partial charge in [-0.3, -0.25) is 5.10 Å². The average Bonchev–Trinajstić information content (AvgIpc) is 3.08. The Kier molecular flexibility index (Phi) is 12.2. The summed E-state index contributed by atoms with van der Waals surface area (Å²) in [7, 11) is 0. The molecule has 0 aromatic carbocycles. The molecule has 1 fully saturated rings. The third-order valence-electron chi connectivity index (χ3n) is 4.67. The van der Waals surface area contributed by atoms with E-state index in [9.17, 15) is 9.90 Å². The maximum absolute atomic E-state index is 11.4. The predicted octanol–water partition coefficient (Wildman–Crippen LogP) is 4.29. The van der Waals surface area contributed by atoms with Crippen molar-refractivity contribution in [1.29, 1.82) is 0 Å². The largest absolute Gasteiger partial charge is 0.462 e. The smallest absolute Gasteiger partial charge is 0.333 e. The van der Waals surface area contributed by atoms with E-state index in [4.69, 9.17) is 17.0 Å². The normalized spacial score (nSPS) is 21.7. The Morgan fingerprint density at radius 2 is 2.04 bits per heavy atom. The minimum Gasteiger partial charge on any atom is -0.462 e. The van der Waals surface area contributed by atoms with Crippen molar-refractivity contribution in [1.82, 2.24) is 15.1 Å². The summed E-state index contributed by atoms with van der Waals surface area (Å²) in [6.07, 6.45) is 2.01. The first kappa shape index (κ1) is 25.3. The van der Waals surface area contributed by atoms with E-state index >= 15 is 0 Å². The molecule has 1 aromatic heterocycles. The monoisotopic (exact) mass is 447 g/mol. The molecule has 160 valence electrons. The van der Waals surface area contributed by atoms with Crippen LogP contribution >= 0.6 is 35.3 Å². The Balaban J connectivity index is 0.000000480. The molecule has 3 unspecified atom stereocenters. The molecule has 3 atom stereocenters. The number of aliphatic hydroxyl groups is 1. The molecule has 2 N–H and O–H groups in total. The summed E-state index contributed by atoms with van der Waals surface area (Å²) in [6, 6.07) is 0. The number of aromatic amines is 1. The summed E-state index contributed by atoms with van der Waals surface area (Å²) in [5.41, 5.74) is 0.402. The molecule has 1 saturated carbocycles. The van der Waals surface area contributed by atoms with Crippen molar-refractivity contribution in [2.45, 2.75) is 62.7 Å². The summed E-state index contributed by atoms with van der Waals surface area (Å²) < 4.78 is 6.67. The minimum absolute atomic E-state index is 0.118. The van der Waals surface area contributed by atoms with Crippen LogP contribution in [0.2, 0.25) is 0 Å². The lowest BCUT2D eigenvalue weighted by Gasteiger charge is -2.31. The fourth-order valence-electron chi connectivity index (χ4n) is 2.88. The number of rotatable bonds is 8. The molecule has 1 aliphatic carbocycles. The molecule has 1 aromatic rings. The van der Waals surface area contributed by atoms with Crippen LogP contribution in [0.15, 0.2) is 16.5 Å². The molecule has 2 rings (SSSR count). The maximum atomic E-state index is 11.4. The number of carbonyl (C=O) groups excluding carboxylic acids is 1. The lowest BCUT2D eigenvalue weighted by atomic mass is 9.87. The summed E-state index contributed by atoms with van der Waals surface area (Å²) in [5, 5.41) is 17.2. The van der Waals surface area contributed by atoms with Crippen molar-refractivity contribution >= 4 is 41.3 Å². The van der Waals surface area contributed by atoms with Crippen molar-refractivity contribution in [3.05, 3.63) is 16.1 Å². The molecular weight excluding hydrogens is 414 g/mol. The van der Waals surface area contributed by atoms with Crippen LogP contribution in [0, 0.1) is 9.87 Å². The highest BCUT2D eigenvalue weighted by atomic mass is 32.2. The lowest BCUT2D eigenvalue weighted by Crippen LogP contribution is -2.33. The Labute approximate surface area is 181 Å². The van der Waals surface area contributed by atoms with Crippen LogP contribution in [0.3, 0.4) is 0 Å². The predicted molar refractivity (Wildman–Crippen MR) is 120 cm³/mol. The molecule has 28 heavy (non-hydrogen) atoms. The van der Waals surface area contributed by atoms with Gasteiger partial charge in [0.05, 0.1) is 12.7 Å². The molecule has 9 heteroatoms. The van der Waals surface area contributed by atoms with Crippen molar-refractivity contribution in [2.24, 2.45) is 5.92 Å². The fourth-order valence-corrected chi connectivity index (χ4v) is 5.35. The molecule has 0 spiro atoms. The number of aromatic nitrogens is 2. The molecule has 0 saturated heterocycles. The van der Waals surface area contributed by atoms with Crippen LogP contribution in [0.5, 0.6) is 0 Å². The van der Waals surface area contributed by atoms with Crippen molar-refractivity contribution in [2.75, 3.05) is 26.2 Å². The van der Waals surface area contributed by atoms with E-state index in [1.165, 1.54) is 31.0 Å². The van der Waals surface area contributed by atoms with E-state index in [-0.39, 0.29) is 17.1 Å². The average molecular weight is 448 g/mol. The van der Waals surface area contributed by atoms with Crippen molar-refractivity contribution < 1.29 is 14.6 Å². The highest BCUT2D eigenvalue weighted by Crippen LogP contribution is 2.37. The van der Waals surface area contributed by atoms with Crippen molar-refractivity contribution in [3.8, 4) is 0 Å². The van der Waals surface area contributed by atoms with Gasteiger partial charge < -0.3 is 14.7 Å². The second-order valence-corrected chi connectivity index (χ2v) is 9.93. The van der Waals surface area contributed by atoms with Gasteiger partial charge in [-0.25, -0.2) is 4.79 Å². The number of H-pyrrole nitrogens is 1. The summed E-state index contributed by atoms with van der Waals surface area (Å²) in [4.78, 5) is 13.7. The van der Waals surface area contributed by atoms with Gasteiger partial charge in [0.25, 0.3) is 0 Å². The van der Waals surface area contributed by atoms with Gasteiger partial charge in [0.1, 0.15) is 0 Å². The van der Waals surface area contributed by atoms with Gasteiger partial charge in [0, 0.05) is 10.8 Å². The fraction of sp³-hybridized carbons (Fsp3) is 0.737. The topological polar surface area (TPSA) is 78.4 Å². The van der Waals surface area contributed by atoms with Crippen LogP contribution in [-0.4, -0.2) is 63.8 Å². The second kappa shape index (κ2) is 13.5. The van der Waals surface area contributed by atoms with Gasteiger partial charge >= 0.3 is 5.97 Å². The van der Waals surface area contributed by atoms with Crippen LogP contribution in [0.25, 0.3) is 0 Å². The molecule has 0 aliphatic heterocycles. The number of aliphatic hydroxyl groups excluding tert-OH is 1. The molecule has 0 amide bonds. The number of hydrogen-bond acceptors (Lipinski definition) is 8. The first-order valence-corrected chi connectivity index (χ1v) is 11.9. The first-order valence-electron chi connectivity index (χ1n) is 9.75. The third kappa shape index (κ3) is 9.17. The standard InChI is InChI=1S/C13H18N2O3S3.C6H15N/c1-7(2)11(17)18-6-8-3-4-10(9(16)5-8)20-13-15-14-12(19)21-13;1-4-7(5-2)6-3/h8-10,16H,1,3-6H2,2H3,(H,14,19);4-6H2,1-3H3. The van der Waals surface area contributed by atoms with Gasteiger partial charge in [-0.15, -0.1) is 0 Å². The quantitative estimate of drug-likeness (QED) is 0.350. The van der Waals surface area contributed by atoms with Gasteiger partial charge in [-0.05, 0) is 64.0 Å². The zero-order valence-electron chi connectivity index (χ0n) is 17.3. The van der Waals surface area contributed by atoms with E-state index in [1.54, 1.807) is 18.7 Å². The molecule has 1 heterocycles. The third-order valence-corrected chi connectivity index (χ3v) is 7.24. The Bertz CT molecular complexity index is 653. The van der Waals surface area contributed by atoms with E-state index in [2.05, 4.69) is 42.4 Å². The zero-order chi connectivity index (χ0) is 21.1. The summed E-state index contributed by atoms with van der Waals surface area (Å²) in [5.74, 6) is -0.158. The van der Waals surface area contributed by atoms with E-state index in [0.29, 0.717) is 22.6 Å². The zero-order valence-corrected chi connectivity index (χ0v) is 19.7. The van der Waals surface area contributed by atoms with Crippen LogP contribution in [0.1, 0.15) is 47.0 Å². The van der Waals surface area contributed by atoms with E-state index in [1.807, 2.05) is 0 Å². The molecule has 6 nitrogen and oxygen atoms in total. The number of thioether (sulfide) groups is 1. The molecule has 1 aliphatic rings. The number of carbonyl (C=O) groups is 1. The number of ether oxygens (including phenoxy) is 1. The molecule has 0 bridgehead atoms. The Morgan fingerprint density at radius 1 is 1.39 bits per heavy atom. The van der Waals surface area contributed by atoms with Gasteiger partial charge in [0.2, 0.25) is 0 Å². The second-order valence-electron chi connectivity index (χ2n) is 6.78. The number of nitrogens with zero attached hydrogens (tertiary/aromatic N) is 2. The van der Waals surface area contributed by atoms with Gasteiger partial charge in [-0.2, -0.15) is 5.10 Å². The summed E-state index contributed by atoms with van der Waals surface area (Å²) in [6.45, 7) is 15.7. The van der Waals surface area contributed by atoms with E-state index in [0.717, 1.165) is 17.2 Å². The Morgan fingerprint density at radius 3 is 2.46 bits per heavy atom. The number of hydrogen-bond donors (Lipinski definition) is 2. The first-order chi connectivity index (χ1) is 13.3. The van der Waals surface area contributed by atoms with Crippen LogP contribution in [0.4, 0.5) is 0 Å². The van der Waals surface area contributed by atoms with Gasteiger partial charge in [-0.1, -0.05) is 50.4 Å². The van der Waals surface area contributed by atoms with Crippen LogP contribution < -0.4 is 0 Å². The highest BCUT2D eigenvalue weighted by Gasteiger charge is 2.31. The van der Waals surface area contributed by atoms with Crippen molar-refractivity contribution in [3.63, 3.8) is 0 Å². The van der Waals surface area contributed by atoms with E-state index < -0.39 is 6.10 Å². The summed E-state index contributed by atoms with van der Waals surface area (Å²) >= 11 is 7.98. The SMILES string of the molecule is C=C(C)C(=O)OCC1CCC(Sc2n[nH]c(=S)s2)C(O)C1.CCN(CC)CC. The number of nitrogens with one attached hydrogen (secondary N) is 1.